The summed E-state index contributed by atoms with van der Waals surface area (Å²) in [5.41, 5.74) is 6.53. The molecular weight excluding hydrogens is 325 g/mol. The molecule has 0 atom stereocenters. The molecule has 1 aromatic carbocycles. The summed E-state index contributed by atoms with van der Waals surface area (Å²) in [6.07, 6.45) is 1.48. The first kappa shape index (κ1) is 18.2. The van der Waals surface area contributed by atoms with Crippen molar-refractivity contribution in [2.24, 2.45) is 5.73 Å². The average Bonchev–Trinajstić information content (AvgIpc) is 2.51. The summed E-state index contributed by atoms with van der Waals surface area (Å²) in [4.78, 5) is 15.8. The fourth-order valence-corrected chi connectivity index (χ4v) is 1.92. The monoisotopic (exact) mass is 341 g/mol. The predicted molar refractivity (Wildman–Crippen MR) is 88.7 cm³/mol. The Labute approximate surface area is 140 Å². The highest BCUT2D eigenvalue weighted by atomic mass is 35.5. The van der Waals surface area contributed by atoms with Gasteiger partial charge in [0, 0.05) is 19.2 Å². The molecule has 118 valence electrons. The molecule has 1 heterocycles. The van der Waals surface area contributed by atoms with E-state index >= 15 is 0 Å². The van der Waals surface area contributed by atoms with E-state index in [1.54, 1.807) is 6.07 Å². The van der Waals surface area contributed by atoms with Crippen LogP contribution in [-0.4, -0.2) is 24.0 Å². The number of amides is 1. The van der Waals surface area contributed by atoms with Gasteiger partial charge in [0.15, 0.2) is 0 Å². The molecule has 2 rings (SSSR count). The van der Waals surface area contributed by atoms with Gasteiger partial charge >= 0.3 is 0 Å². The average molecular weight is 342 g/mol. The van der Waals surface area contributed by atoms with Gasteiger partial charge in [0.25, 0.3) is 5.91 Å². The van der Waals surface area contributed by atoms with Crippen molar-refractivity contribution in [3.05, 3.63) is 58.9 Å². The molecule has 1 amide bonds. The van der Waals surface area contributed by atoms with Crippen LogP contribution in [0.3, 0.4) is 0 Å². The van der Waals surface area contributed by atoms with Gasteiger partial charge in [-0.3, -0.25) is 4.79 Å². The molecular formula is C15H17Cl2N3O2. The fraction of sp³-hybridized carbons (Fsp3) is 0.200. The topological polar surface area (TPSA) is 77.2 Å². The maximum Gasteiger partial charge on any atom is 0.271 e. The number of rotatable bonds is 6. The quantitative estimate of drug-likeness (QED) is 0.845. The lowest BCUT2D eigenvalue weighted by Gasteiger charge is -2.08. The number of hydrogen-bond donors (Lipinski definition) is 2. The Morgan fingerprint density at radius 3 is 2.68 bits per heavy atom. The second kappa shape index (κ2) is 9.25. The number of nitrogens with two attached hydrogens (primary N) is 1. The van der Waals surface area contributed by atoms with Crippen molar-refractivity contribution in [2.75, 3.05) is 13.1 Å². The van der Waals surface area contributed by atoms with Crippen LogP contribution in [0.5, 0.6) is 5.75 Å². The summed E-state index contributed by atoms with van der Waals surface area (Å²) in [6.45, 7) is 1.16. The first-order chi connectivity index (χ1) is 10.2. The first-order valence-electron chi connectivity index (χ1n) is 6.51. The van der Waals surface area contributed by atoms with E-state index in [9.17, 15) is 4.79 Å². The molecule has 0 fully saturated rings. The van der Waals surface area contributed by atoms with Crippen molar-refractivity contribution in [3.63, 3.8) is 0 Å². The van der Waals surface area contributed by atoms with E-state index in [0.29, 0.717) is 25.4 Å². The number of aromatic nitrogens is 1. The molecule has 1 aromatic heterocycles. The number of ether oxygens (including phenoxy) is 1. The third-order valence-corrected chi connectivity index (χ3v) is 3.00. The number of nitrogens with zero attached hydrogens (tertiary/aromatic N) is 1. The van der Waals surface area contributed by atoms with Crippen LogP contribution in [0.15, 0.2) is 42.6 Å². The third-order valence-electron chi connectivity index (χ3n) is 2.71. The lowest BCUT2D eigenvalue weighted by atomic mass is 10.2. The minimum absolute atomic E-state index is 0. The maximum absolute atomic E-state index is 11.8. The number of halogens is 2. The normalized spacial score (nSPS) is 9.73. The van der Waals surface area contributed by atoms with Gasteiger partial charge in [-0.25, -0.2) is 4.98 Å². The van der Waals surface area contributed by atoms with Crippen molar-refractivity contribution in [1.29, 1.82) is 0 Å². The molecule has 0 saturated heterocycles. The summed E-state index contributed by atoms with van der Waals surface area (Å²) >= 11 is 6.05. The van der Waals surface area contributed by atoms with Crippen LogP contribution in [0.1, 0.15) is 16.1 Å². The second-order valence-corrected chi connectivity index (χ2v) is 4.73. The highest BCUT2D eigenvalue weighted by Gasteiger charge is 2.12. The van der Waals surface area contributed by atoms with Crippen LogP contribution in [0, 0.1) is 0 Å². The lowest BCUT2D eigenvalue weighted by molar-refractivity contribution is 0.0950. The van der Waals surface area contributed by atoms with Gasteiger partial charge < -0.3 is 15.8 Å². The molecule has 0 aliphatic carbocycles. The van der Waals surface area contributed by atoms with Crippen molar-refractivity contribution in [3.8, 4) is 5.75 Å². The second-order valence-electron chi connectivity index (χ2n) is 4.32. The molecule has 3 N–H and O–H groups in total. The number of carbonyl (C=O) groups is 1. The zero-order valence-electron chi connectivity index (χ0n) is 11.8. The number of benzene rings is 1. The minimum atomic E-state index is -0.347. The van der Waals surface area contributed by atoms with Gasteiger partial charge in [0.2, 0.25) is 0 Å². The maximum atomic E-state index is 11.8. The molecule has 0 saturated carbocycles. The Balaban J connectivity index is 0.00000242. The Hall–Kier alpha value is -1.82. The summed E-state index contributed by atoms with van der Waals surface area (Å²) < 4.78 is 5.59. The summed E-state index contributed by atoms with van der Waals surface area (Å²) in [5.74, 6) is 0.166. The largest absolute Gasteiger partial charge is 0.487 e. The van der Waals surface area contributed by atoms with Gasteiger partial charge in [-0.15, -0.1) is 12.4 Å². The SMILES string of the molecule is Cl.NCCNC(=O)c1ncc(OCc2ccccc2)cc1Cl. The van der Waals surface area contributed by atoms with E-state index in [2.05, 4.69) is 10.3 Å². The third kappa shape index (κ3) is 5.18. The van der Waals surface area contributed by atoms with Crippen molar-refractivity contribution >= 4 is 29.9 Å². The van der Waals surface area contributed by atoms with Crippen LogP contribution >= 0.6 is 24.0 Å². The van der Waals surface area contributed by atoms with Gasteiger partial charge in [-0.1, -0.05) is 41.9 Å². The zero-order valence-corrected chi connectivity index (χ0v) is 13.4. The number of carbonyl (C=O) groups excluding carboxylic acids is 1. The van der Waals surface area contributed by atoms with E-state index < -0.39 is 0 Å². The van der Waals surface area contributed by atoms with Gasteiger partial charge in [-0.05, 0) is 5.56 Å². The molecule has 0 aliphatic heterocycles. The van der Waals surface area contributed by atoms with Gasteiger partial charge in [0.1, 0.15) is 18.1 Å². The standard InChI is InChI=1S/C15H16ClN3O2.ClH/c16-13-8-12(21-10-11-4-2-1-3-5-11)9-19-14(13)15(20)18-7-6-17;/h1-5,8-9H,6-7,10,17H2,(H,18,20);1H. The molecule has 0 radical (unpaired) electrons. The smallest absolute Gasteiger partial charge is 0.271 e. The van der Waals surface area contributed by atoms with Crippen molar-refractivity contribution < 1.29 is 9.53 Å². The van der Waals surface area contributed by atoms with Crippen LogP contribution in [0.4, 0.5) is 0 Å². The molecule has 0 unspecified atom stereocenters. The van der Waals surface area contributed by atoms with Crippen LogP contribution < -0.4 is 15.8 Å². The van der Waals surface area contributed by atoms with Crippen LogP contribution in [-0.2, 0) is 6.61 Å². The number of pyridine rings is 1. The molecule has 22 heavy (non-hydrogen) atoms. The Morgan fingerprint density at radius 2 is 2.05 bits per heavy atom. The fourth-order valence-electron chi connectivity index (χ4n) is 1.68. The summed E-state index contributed by atoms with van der Waals surface area (Å²) in [5, 5.41) is 2.86. The van der Waals surface area contributed by atoms with Gasteiger partial charge in [-0.2, -0.15) is 0 Å². The van der Waals surface area contributed by atoms with E-state index in [1.807, 2.05) is 30.3 Å². The Morgan fingerprint density at radius 1 is 1.32 bits per heavy atom. The minimum Gasteiger partial charge on any atom is -0.487 e. The highest BCUT2D eigenvalue weighted by Crippen LogP contribution is 2.21. The molecule has 0 aliphatic rings. The van der Waals surface area contributed by atoms with Crippen LogP contribution in [0.2, 0.25) is 5.02 Å². The van der Waals surface area contributed by atoms with E-state index in [0.717, 1.165) is 5.56 Å². The Bertz CT molecular complexity index is 609. The van der Waals surface area contributed by atoms with Gasteiger partial charge in [0.05, 0.1) is 11.2 Å². The zero-order chi connectivity index (χ0) is 15.1. The molecule has 2 aromatic rings. The first-order valence-corrected chi connectivity index (χ1v) is 6.89. The molecule has 7 heteroatoms. The highest BCUT2D eigenvalue weighted by molar-refractivity contribution is 6.33. The number of nitrogens with one attached hydrogen (secondary N) is 1. The van der Waals surface area contributed by atoms with Crippen molar-refractivity contribution in [1.82, 2.24) is 10.3 Å². The van der Waals surface area contributed by atoms with E-state index in [-0.39, 0.29) is 29.0 Å². The van der Waals surface area contributed by atoms with E-state index in [1.165, 1.54) is 6.20 Å². The van der Waals surface area contributed by atoms with Crippen LogP contribution in [0.25, 0.3) is 0 Å². The molecule has 5 nitrogen and oxygen atoms in total. The lowest BCUT2D eigenvalue weighted by Crippen LogP contribution is -2.29. The summed E-state index contributed by atoms with van der Waals surface area (Å²) in [6, 6.07) is 11.3. The van der Waals surface area contributed by atoms with E-state index in [4.69, 9.17) is 22.1 Å². The molecule has 0 spiro atoms. The predicted octanol–water partition coefficient (Wildman–Crippen LogP) is 2.42. The number of hydrogen-bond acceptors (Lipinski definition) is 4. The summed E-state index contributed by atoms with van der Waals surface area (Å²) in [7, 11) is 0. The Kier molecular flexibility index (Phi) is 7.66. The van der Waals surface area contributed by atoms with Crippen molar-refractivity contribution in [2.45, 2.75) is 6.61 Å². The molecule has 0 bridgehead atoms.